The first-order valence-electron chi connectivity index (χ1n) is 13.5. The number of hydrogen-bond donors (Lipinski definition) is 5. The predicted octanol–water partition coefficient (Wildman–Crippen LogP) is -1.03. The number of phenolic OH excluding ortho intramolecular Hbond substituents is 1. The molecule has 1 aromatic carbocycles. The molecule has 12 nitrogen and oxygen atoms in total. The molecule has 1 amide bonds. The minimum atomic E-state index is -2.60. The van der Waals surface area contributed by atoms with Crippen molar-refractivity contribution in [3.05, 3.63) is 52.8 Å². The smallest absolute Gasteiger partial charge is 0.235 e. The SMILES string of the molecule is CN(C)[C@@H]1C(=O)C(C(N)=O)C(=O)[C@@]2(O)C(O)C3C(=O)c4c(O)ccc(C(=O)CNCc5cccn5C)c4C[C@H]3C[C@@H]12. The van der Waals surface area contributed by atoms with Gasteiger partial charge in [0.2, 0.25) is 5.91 Å². The van der Waals surface area contributed by atoms with Crippen LogP contribution < -0.4 is 11.1 Å². The number of aromatic hydroxyl groups is 1. The average molecular weight is 567 g/mol. The highest BCUT2D eigenvalue weighted by atomic mass is 16.4. The minimum Gasteiger partial charge on any atom is -0.507 e. The van der Waals surface area contributed by atoms with Crippen molar-refractivity contribution in [2.24, 2.45) is 36.5 Å². The third-order valence-corrected chi connectivity index (χ3v) is 9.13. The number of Topliss-reactive ketones (excluding diaryl/α,β-unsaturated/α-hetero) is 4. The van der Waals surface area contributed by atoms with Gasteiger partial charge in [0, 0.05) is 37.0 Å². The number of aryl methyl sites for hydroxylation is 1. The highest BCUT2D eigenvalue weighted by molar-refractivity contribution is 6.24. The second kappa shape index (κ2) is 10.3. The van der Waals surface area contributed by atoms with Crippen molar-refractivity contribution < 1.29 is 39.3 Å². The summed E-state index contributed by atoms with van der Waals surface area (Å²) in [6.45, 7) is 0.405. The van der Waals surface area contributed by atoms with Gasteiger partial charge in [-0.05, 0) is 62.7 Å². The van der Waals surface area contributed by atoms with E-state index in [4.69, 9.17) is 5.73 Å². The molecule has 3 aliphatic carbocycles. The molecule has 0 bridgehead atoms. The zero-order valence-corrected chi connectivity index (χ0v) is 23.0. The summed E-state index contributed by atoms with van der Waals surface area (Å²) in [6.07, 6.45) is -0.0176. The summed E-state index contributed by atoms with van der Waals surface area (Å²) in [5, 5.41) is 37.0. The van der Waals surface area contributed by atoms with Gasteiger partial charge in [0.05, 0.1) is 24.1 Å². The molecule has 3 unspecified atom stereocenters. The monoisotopic (exact) mass is 566 g/mol. The van der Waals surface area contributed by atoms with E-state index in [0.29, 0.717) is 12.1 Å². The Kier molecular flexibility index (Phi) is 7.23. The normalized spacial score (nSPS) is 31.0. The lowest BCUT2D eigenvalue weighted by Crippen LogP contribution is -2.75. The Balaban J connectivity index is 1.50. The van der Waals surface area contributed by atoms with Crippen LogP contribution in [0.3, 0.4) is 0 Å². The van der Waals surface area contributed by atoms with E-state index in [1.54, 1.807) is 14.1 Å². The Bertz CT molecular complexity index is 1460. The van der Waals surface area contributed by atoms with Crippen molar-refractivity contribution in [3.8, 4) is 5.75 Å². The molecule has 0 aliphatic heterocycles. The Morgan fingerprint density at radius 3 is 2.51 bits per heavy atom. The van der Waals surface area contributed by atoms with Crippen molar-refractivity contribution in [1.82, 2.24) is 14.8 Å². The quantitative estimate of drug-likeness (QED) is 0.204. The lowest BCUT2D eigenvalue weighted by molar-refractivity contribution is -0.203. The van der Waals surface area contributed by atoms with Gasteiger partial charge in [-0.3, -0.25) is 28.9 Å². The summed E-state index contributed by atoms with van der Waals surface area (Å²) < 4.78 is 1.92. The van der Waals surface area contributed by atoms with Gasteiger partial charge in [0.25, 0.3) is 0 Å². The van der Waals surface area contributed by atoms with Gasteiger partial charge in [0.1, 0.15) is 11.9 Å². The number of fused-ring (bicyclic) bond motifs is 3. The summed E-state index contributed by atoms with van der Waals surface area (Å²) in [6, 6.07) is 5.37. The predicted molar refractivity (Wildman–Crippen MR) is 144 cm³/mol. The molecule has 2 saturated carbocycles. The van der Waals surface area contributed by atoms with Crippen LogP contribution in [-0.4, -0.2) is 92.2 Å². The summed E-state index contributed by atoms with van der Waals surface area (Å²) in [5.74, 6) is -9.72. The molecule has 218 valence electrons. The first kappa shape index (κ1) is 28.8. The highest BCUT2D eigenvalue weighted by Gasteiger charge is 2.69. The molecule has 7 atom stereocenters. The molecule has 41 heavy (non-hydrogen) atoms. The molecule has 5 rings (SSSR count). The van der Waals surface area contributed by atoms with Gasteiger partial charge in [-0.2, -0.15) is 0 Å². The Morgan fingerprint density at radius 2 is 1.90 bits per heavy atom. The fourth-order valence-electron chi connectivity index (χ4n) is 7.17. The van der Waals surface area contributed by atoms with Gasteiger partial charge in [0.15, 0.2) is 34.7 Å². The van der Waals surface area contributed by atoms with Gasteiger partial charge in [-0.25, -0.2) is 0 Å². The van der Waals surface area contributed by atoms with E-state index in [1.807, 2.05) is 29.9 Å². The number of benzene rings is 1. The minimum absolute atomic E-state index is 0.0236. The van der Waals surface area contributed by atoms with Crippen LogP contribution in [0, 0.1) is 23.7 Å². The number of ketones is 4. The van der Waals surface area contributed by atoms with Gasteiger partial charge >= 0.3 is 0 Å². The molecule has 0 radical (unpaired) electrons. The van der Waals surface area contributed by atoms with E-state index < -0.39 is 64.7 Å². The molecule has 1 heterocycles. The number of phenols is 1. The van der Waals surface area contributed by atoms with Gasteiger partial charge < -0.3 is 30.9 Å². The van der Waals surface area contributed by atoms with Crippen LogP contribution in [-0.2, 0) is 34.4 Å². The molecule has 3 aliphatic rings. The van der Waals surface area contributed by atoms with Crippen LogP contribution >= 0.6 is 0 Å². The number of nitrogens with two attached hydrogens (primary N) is 1. The van der Waals surface area contributed by atoms with Crippen molar-refractivity contribution in [2.45, 2.75) is 37.1 Å². The Labute approximate surface area is 236 Å². The maximum absolute atomic E-state index is 13.8. The highest BCUT2D eigenvalue weighted by Crippen LogP contribution is 2.52. The topological polar surface area (TPSA) is 192 Å². The number of nitrogens with one attached hydrogen (secondary N) is 1. The number of aromatic nitrogens is 1. The zero-order chi connectivity index (χ0) is 30.0. The van der Waals surface area contributed by atoms with Crippen molar-refractivity contribution in [3.63, 3.8) is 0 Å². The van der Waals surface area contributed by atoms with Crippen LogP contribution in [0.4, 0.5) is 0 Å². The molecule has 6 N–H and O–H groups in total. The second-order valence-electron chi connectivity index (χ2n) is 11.6. The summed E-state index contributed by atoms with van der Waals surface area (Å²) >= 11 is 0. The number of carbonyl (C=O) groups is 5. The average Bonchev–Trinajstić information content (AvgIpc) is 3.30. The second-order valence-corrected chi connectivity index (χ2v) is 11.6. The molecule has 0 saturated heterocycles. The fraction of sp³-hybridized carbons (Fsp3) is 0.483. The van der Waals surface area contributed by atoms with E-state index >= 15 is 0 Å². The summed E-state index contributed by atoms with van der Waals surface area (Å²) in [5.41, 5.74) is 4.16. The van der Waals surface area contributed by atoms with E-state index in [0.717, 1.165) is 5.69 Å². The fourth-order valence-corrected chi connectivity index (χ4v) is 7.17. The molecule has 2 fully saturated rings. The third kappa shape index (κ3) is 4.33. The van der Waals surface area contributed by atoms with Crippen molar-refractivity contribution in [1.29, 1.82) is 0 Å². The van der Waals surface area contributed by atoms with E-state index in [9.17, 15) is 39.3 Å². The molecule has 2 aromatic rings. The molecule has 1 aromatic heterocycles. The molecule has 0 spiro atoms. The number of primary amides is 1. The number of likely N-dealkylation sites (N-methyl/N-ethyl adjacent to an activating group) is 1. The van der Waals surface area contributed by atoms with Crippen LogP contribution in [0.2, 0.25) is 0 Å². The van der Waals surface area contributed by atoms with Gasteiger partial charge in [-0.15, -0.1) is 0 Å². The summed E-state index contributed by atoms with van der Waals surface area (Å²) in [4.78, 5) is 67.3. The Hall–Kier alpha value is -3.71. The van der Waals surface area contributed by atoms with Crippen molar-refractivity contribution in [2.75, 3.05) is 20.6 Å². The van der Waals surface area contributed by atoms with Crippen LogP contribution in [0.1, 0.15) is 38.4 Å². The van der Waals surface area contributed by atoms with Crippen molar-refractivity contribution >= 4 is 29.0 Å². The maximum Gasteiger partial charge on any atom is 0.235 e. The largest absolute Gasteiger partial charge is 0.507 e. The number of carbonyl (C=O) groups excluding carboxylic acids is 5. The molecule has 12 heteroatoms. The van der Waals surface area contributed by atoms with E-state index in [1.165, 1.54) is 17.0 Å². The maximum atomic E-state index is 13.8. The summed E-state index contributed by atoms with van der Waals surface area (Å²) in [7, 11) is 4.99. The standard InChI is InChI=1S/C29H34N4O8/c1-32(2)23-17-10-13-9-16-15(19(35)12-31-11-14-5-4-8-33(14)3)6-7-18(34)21(16)24(36)20(13)26(38)29(17,41)27(39)22(25(23)37)28(30)40/h4-8,13,17,20,22-23,26,31,34,38,41H,9-12H2,1-3H3,(H2,30,40)/t13-,17-,20?,22?,23-,26?,29-/m0/s1. The van der Waals surface area contributed by atoms with E-state index in [-0.39, 0.29) is 42.0 Å². The number of nitrogens with zero attached hydrogens (tertiary/aromatic N) is 2. The van der Waals surface area contributed by atoms with E-state index in [2.05, 4.69) is 5.32 Å². The number of hydrogen-bond acceptors (Lipinski definition) is 10. The van der Waals surface area contributed by atoms with Crippen LogP contribution in [0.25, 0.3) is 0 Å². The number of amides is 1. The molecular formula is C29H34N4O8. The van der Waals surface area contributed by atoms with Crippen LogP contribution in [0.5, 0.6) is 5.75 Å². The van der Waals surface area contributed by atoms with Crippen LogP contribution in [0.15, 0.2) is 30.5 Å². The number of aliphatic hydroxyl groups excluding tert-OH is 1. The number of aliphatic hydroxyl groups is 2. The molecular weight excluding hydrogens is 532 g/mol. The zero-order valence-electron chi connectivity index (χ0n) is 23.0. The first-order valence-corrected chi connectivity index (χ1v) is 13.5. The Morgan fingerprint density at radius 1 is 1.20 bits per heavy atom. The first-order chi connectivity index (χ1) is 19.3. The third-order valence-electron chi connectivity index (χ3n) is 9.13. The number of rotatable bonds is 7. The lowest BCUT2D eigenvalue weighted by atomic mass is 9.51. The van der Waals surface area contributed by atoms with Gasteiger partial charge in [-0.1, -0.05) is 0 Å². The lowest BCUT2D eigenvalue weighted by Gasteiger charge is -2.56.